The molecule has 2 aromatic heterocycles. The summed E-state index contributed by atoms with van der Waals surface area (Å²) < 4.78 is 5.73. The molecule has 130 valence electrons. The summed E-state index contributed by atoms with van der Waals surface area (Å²) in [5.41, 5.74) is 2.50. The van der Waals surface area contributed by atoms with Crippen molar-refractivity contribution in [3.05, 3.63) is 42.6 Å². The van der Waals surface area contributed by atoms with Gasteiger partial charge in [0.25, 0.3) is 0 Å². The fourth-order valence-electron chi connectivity index (χ4n) is 2.28. The van der Waals surface area contributed by atoms with Crippen LogP contribution in [0.5, 0.6) is 0 Å². The number of fused-ring (bicyclic) bond motifs is 1. The van der Waals surface area contributed by atoms with E-state index in [0.717, 1.165) is 0 Å². The lowest BCUT2D eigenvalue weighted by Gasteiger charge is -2.19. The number of rotatable bonds is 5. The second-order valence-electron chi connectivity index (χ2n) is 5.96. The second kappa shape index (κ2) is 7.31. The predicted molar refractivity (Wildman–Crippen MR) is 95.1 cm³/mol. The fourth-order valence-corrected chi connectivity index (χ4v) is 2.28. The highest BCUT2D eigenvalue weighted by atomic mass is 16.3. The molecule has 25 heavy (non-hydrogen) atoms. The molecule has 2 amide bonds. The maximum atomic E-state index is 12.0. The second-order valence-corrected chi connectivity index (χ2v) is 5.96. The van der Waals surface area contributed by atoms with Crippen molar-refractivity contribution < 1.29 is 14.3 Å². The summed E-state index contributed by atoms with van der Waals surface area (Å²) >= 11 is 0. The number of anilines is 1. The molecular formula is C18H20N4O3. The van der Waals surface area contributed by atoms with Gasteiger partial charge in [-0.1, -0.05) is 13.0 Å². The van der Waals surface area contributed by atoms with Crippen molar-refractivity contribution >= 4 is 22.8 Å². The van der Waals surface area contributed by atoms with Crippen molar-refractivity contribution in [2.45, 2.75) is 19.9 Å². The van der Waals surface area contributed by atoms with Crippen LogP contribution in [0, 0.1) is 5.92 Å². The molecule has 7 heteroatoms. The predicted octanol–water partition coefficient (Wildman–Crippen LogP) is 3.03. The van der Waals surface area contributed by atoms with Crippen LogP contribution < -0.4 is 10.6 Å². The highest BCUT2D eigenvalue weighted by Crippen LogP contribution is 2.25. The number of oxazole rings is 1. The maximum absolute atomic E-state index is 12.0. The molecule has 7 nitrogen and oxygen atoms in total. The average Bonchev–Trinajstić information content (AvgIpc) is 3.05. The van der Waals surface area contributed by atoms with Crippen molar-refractivity contribution in [1.82, 2.24) is 15.3 Å². The van der Waals surface area contributed by atoms with Crippen LogP contribution in [0.2, 0.25) is 0 Å². The Kier molecular flexibility index (Phi) is 4.95. The van der Waals surface area contributed by atoms with E-state index in [-0.39, 0.29) is 24.6 Å². The topological polar surface area (TPSA) is 100 Å². The summed E-state index contributed by atoms with van der Waals surface area (Å²) in [5.74, 6) is 0.408. The zero-order chi connectivity index (χ0) is 17.8. The summed E-state index contributed by atoms with van der Waals surface area (Å²) in [7, 11) is 0. The molecule has 2 heterocycles. The summed E-state index contributed by atoms with van der Waals surface area (Å²) in [6.07, 6.45) is 1.68. The molecule has 0 aliphatic heterocycles. The molecule has 3 aromatic rings. The minimum absolute atomic E-state index is 0.0156. The molecule has 3 rings (SSSR count). The third-order valence-electron chi connectivity index (χ3n) is 4.03. The Balaban J connectivity index is 1.74. The highest BCUT2D eigenvalue weighted by molar-refractivity contribution is 5.92. The number of nitrogens with one attached hydrogen (secondary N) is 2. The molecule has 0 aliphatic carbocycles. The van der Waals surface area contributed by atoms with Crippen LogP contribution in [0.3, 0.4) is 0 Å². The normalized spacial score (nSPS) is 13.4. The molecular weight excluding hydrogens is 320 g/mol. The van der Waals surface area contributed by atoms with Gasteiger partial charge in [-0.2, -0.15) is 0 Å². The molecule has 0 saturated carbocycles. The lowest BCUT2D eigenvalue weighted by atomic mass is 10.1. The molecule has 0 saturated heterocycles. The molecule has 3 N–H and O–H groups in total. The van der Waals surface area contributed by atoms with Crippen molar-refractivity contribution in [2.24, 2.45) is 5.92 Å². The Bertz CT molecular complexity index is 863. The molecule has 0 bridgehead atoms. The number of carbonyl (C=O) groups excluding carboxylic acids is 1. The van der Waals surface area contributed by atoms with Gasteiger partial charge in [0, 0.05) is 30.6 Å². The van der Waals surface area contributed by atoms with Gasteiger partial charge in [0.05, 0.1) is 0 Å². The Morgan fingerprint density at radius 1 is 1.28 bits per heavy atom. The van der Waals surface area contributed by atoms with E-state index in [2.05, 4.69) is 20.6 Å². The first kappa shape index (κ1) is 16.9. The summed E-state index contributed by atoms with van der Waals surface area (Å²) in [4.78, 5) is 20.7. The van der Waals surface area contributed by atoms with Crippen LogP contribution in [0.4, 0.5) is 10.5 Å². The lowest BCUT2D eigenvalue weighted by Crippen LogP contribution is -2.40. The highest BCUT2D eigenvalue weighted by Gasteiger charge is 2.15. The molecule has 2 atom stereocenters. The largest absolute Gasteiger partial charge is 0.435 e. The van der Waals surface area contributed by atoms with Crippen molar-refractivity contribution in [3.8, 4) is 11.6 Å². The van der Waals surface area contributed by atoms with E-state index < -0.39 is 0 Å². The van der Waals surface area contributed by atoms with E-state index in [1.165, 1.54) is 0 Å². The lowest BCUT2D eigenvalue weighted by molar-refractivity contribution is 0.204. The number of hydrogen-bond acceptors (Lipinski definition) is 5. The standard InChI is InChI=1S/C18H20N4O3/c1-11(10-23)12(2)20-18(24)21-13-6-7-14-16(9-13)25-17(22-14)15-5-3-4-8-19-15/h3-9,11-12,23H,10H2,1-2H3,(H2,20,21,24)/t11-,12-/m0/s1. The van der Waals surface area contributed by atoms with Crippen LogP contribution in [-0.4, -0.2) is 33.8 Å². The van der Waals surface area contributed by atoms with Gasteiger partial charge in [0.1, 0.15) is 11.2 Å². The Morgan fingerprint density at radius 3 is 2.84 bits per heavy atom. The number of pyridine rings is 1. The number of aromatic nitrogens is 2. The van der Waals surface area contributed by atoms with E-state index in [0.29, 0.717) is 28.4 Å². The van der Waals surface area contributed by atoms with Crippen molar-refractivity contribution in [1.29, 1.82) is 0 Å². The number of hydrogen-bond donors (Lipinski definition) is 3. The molecule has 0 spiro atoms. The smallest absolute Gasteiger partial charge is 0.319 e. The number of urea groups is 1. The van der Waals surface area contributed by atoms with E-state index in [1.54, 1.807) is 24.4 Å². The van der Waals surface area contributed by atoms with Gasteiger partial charge in [0.15, 0.2) is 5.58 Å². The Morgan fingerprint density at radius 2 is 2.12 bits per heavy atom. The third kappa shape index (κ3) is 3.95. The number of benzene rings is 1. The van der Waals surface area contributed by atoms with E-state index in [4.69, 9.17) is 9.52 Å². The summed E-state index contributed by atoms with van der Waals surface area (Å²) in [5, 5.41) is 14.7. The van der Waals surface area contributed by atoms with Crippen LogP contribution >= 0.6 is 0 Å². The minimum Gasteiger partial charge on any atom is -0.435 e. The van der Waals surface area contributed by atoms with Crippen LogP contribution in [0.15, 0.2) is 47.0 Å². The van der Waals surface area contributed by atoms with Gasteiger partial charge in [0.2, 0.25) is 5.89 Å². The first-order valence-electron chi connectivity index (χ1n) is 8.07. The van der Waals surface area contributed by atoms with Gasteiger partial charge in [-0.25, -0.2) is 9.78 Å². The Labute approximate surface area is 145 Å². The van der Waals surface area contributed by atoms with E-state index in [9.17, 15) is 4.79 Å². The average molecular weight is 340 g/mol. The number of aliphatic hydroxyl groups excluding tert-OH is 1. The van der Waals surface area contributed by atoms with Crippen LogP contribution in [0.25, 0.3) is 22.7 Å². The number of nitrogens with zero attached hydrogens (tertiary/aromatic N) is 2. The van der Waals surface area contributed by atoms with Gasteiger partial charge in [-0.05, 0) is 37.1 Å². The van der Waals surface area contributed by atoms with Crippen LogP contribution in [-0.2, 0) is 0 Å². The van der Waals surface area contributed by atoms with E-state index in [1.807, 2.05) is 32.0 Å². The number of carbonyl (C=O) groups is 1. The molecule has 0 aliphatic rings. The van der Waals surface area contributed by atoms with Crippen molar-refractivity contribution in [3.63, 3.8) is 0 Å². The van der Waals surface area contributed by atoms with Crippen LogP contribution in [0.1, 0.15) is 13.8 Å². The van der Waals surface area contributed by atoms with Crippen molar-refractivity contribution in [2.75, 3.05) is 11.9 Å². The van der Waals surface area contributed by atoms with Gasteiger partial charge >= 0.3 is 6.03 Å². The summed E-state index contributed by atoms with van der Waals surface area (Å²) in [6.45, 7) is 3.73. The first-order valence-corrected chi connectivity index (χ1v) is 8.07. The zero-order valence-electron chi connectivity index (χ0n) is 14.1. The first-order chi connectivity index (χ1) is 12.1. The molecule has 0 radical (unpaired) electrons. The number of amides is 2. The van der Waals surface area contributed by atoms with Gasteiger partial charge in [-0.3, -0.25) is 4.98 Å². The molecule has 1 aromatic carbocycles. The molecule has 0 unspecified atom stereocenters. The monoisotopic (exact) mass is 340 g/mol. The fraction of sp³-hybridized carbons (Fsp3) is 0.278. The zero-order valence-corrected chi connectivity index (χ0v) is 14.1. The third-order valence-corrected chi connectivity index (χ3v) is 4.03. The quantitative estimate of drug-likeness (QED) is 0.663. The van der Waals surface area contributed by atoms with Gasteiger partial charge < -0.3 is 20.2 Å². The minimum atomic E-state index is -0.336. The SMILES string of the molecule is C[C@H](NC(=O)Nc1ccc2nc(-c3ccccn3)oc2c1)[C@@H](C)CO. The number of aliphatic hydroxyl groups is 1. The Hall–Kier alpha value is -2.93. The van der Waals surface area contributed by atoms with E-state index >= 15 is 0 Å². The maximum Gasteiger partial charge on any atom is 0.319 e. The summed E-state index contributed by atoms with van der Waals surface area (Å²) in [6, 6.07) is 10.3. The molecule has 0 fully saturated rings. The van der Waals surface area contributed by atoms with Gasteiger partial charge in [-0.15, -0.1) is 0 Å².